The lowest BCUT2D eigenvalue weighted by Crippen LogP contribution is -2.65. The summed E-state index contributed by atoms with van der Waals surface area (Å²) in [5.74, 6) is -7.67. The van der Waals surface area contributed by atoms with Gasteiger partial charge in [-0.3, -0.25) is 29.0 Å². The van der Waals surface area contributed by atoms with Crippen LogP contribution in [-0.4, -0.2) is 52.8 Å². The van der Waals surface area contributed by atoms with Crippen molar-refractivity contribution in [3.05, 3.63) is 131 Å². The minimum absolute atomic E-state index is 0.0915. The van der Waals surface area contributed by atoms with Crippen molar-refractivity contribution in [1.82, 2.24) is 0 Å². The van der Waals surface area contributed by atoms with Crippen LogP contribution in [-0.2, 0) is 28.7 Å². The maximum absolute atomic E-state index is 15.4. The lowest BCUT2D eigenvalue weighted by atomic mass is 9.69. The minimum Gasteiger partial charge on any atom is -0.506 e. The molecule has 3 aliphatic rings. The Labute approximate surface area is 263 Å². The molecule has 0 aromatic heterocycles. The van der Waals surface area contributed by atoms with Crippen LogP contribution < -0.4 is 9.80 Å². The number of benzene rings is 4. The molecule has 1 N–H and O–H groups in total. The van der Waals surface area contributed by atoms with Gasteiger partial charge in [0.15, 0.2) is 11.3 Å². The predicted molar refractivity (Wildman–Crippen MR) is 165 cm³/mol. The number of carbonyl (C=O) groups is 5. The molecule has 7 rings (SSSR count). The fourth-order valence-electron chi connectivity index (χ4n) is 6.86. The molecule has 2 amide bonds. The standard InChI is InChI=1S/C36H26N2O8/c1-21-17-19-24(20-18-21)37-33(43)35-27(29(41)32(42)38(35)25-15-9-10-16-26(25)39)30(23-13-7-4-8-14-23)46-36(37,34(44)45-2)31(35)28(40)22-11-5-3-6-12-22/h3-20,31,39H,1-2H3. The highest BCUT2D eigenvalue weighted by Crippen LogP contribution is 2.62. The fraction of sp³-hybridized carbons (Fsp3) is 0.139. The molecule has 4 aromatic carbocycles. The number of aromatic hydroxyl groups is 1. The van der Waals surface area contributed by atoms with Crippen LogP contribution in [0.1, 0.15) is 21.5 Å². The number of esters is 1. The summed E-state index contributed by atoms with van der Waals surface area (Å²) in [6, 6.07) is 28.4. The molecular weight excluding hydrogens is 588 g/mol. The van der Waals surface area contributed by atoms with E-state index in [1.807, 2.05) is 6.92 Å². The minimum atomic E-state index is -2.55. The molecule has 0 radical (unpaired) electrons. The Morgan fingerprint density at radius 1 is 0.804 bits per heavy atom. The summed E-state index contributed by atoms with van der Waals surface area (Å²) in [5.41, 5.74) is -4.28. The van der Waals surface area contributed by atoms with Crippen molar-refractivity contribution in [2.45, 2.75) is 18.2 Å². The van der Waals surface area contributed by atoms with E-state index in [1.54, 1.807) is 72.8 Å². The number of hydrogen-bond acceptors (Lipinski definition) is 8. The largest absolute Gasteiger partial charge is 0.506 e. The highest BCUT2D eigenvalue weighted by Gasteiger charge is 2.85. The smallest absolute Gasteiger partial charge is 0.373 e. The Hall–Kier alpha value is -6.03. The molecule has 2 bridgehead atoms. The zero-order valence-corrected chi connectivity index (χ0v) is 24.7. The van der Waals surface area contributed by atoms with Gasteiger partial charge in [-0.1, -0.05) is 90.5 Å². The van der Waals surface area contributed by atoms with Crippen molar-refractivity contribution < 1.29 is 38.6 Å². The summed E-state index contributed by atoms with van der Waals surface area (Å²) in [7, 11) is 1.10. The number of ketones is 2. The summed E-state index contributed by atoms with van der Waals surface area (Å²) in [6.07, 6.45) is 0. The van der Waals surface area contributed by atoms with Gasteiger partial charge in [-0.05, 0) is 31.2 Å². The summed E-state index contributed by atoms with van der Waals surface area (Å²) in [4.78, 5) is 75.1. The van der Waals surface area contributed by atoms with Crippen molar-refractivity contribution >= 4 is 46.5 Å². The Morgan fingerprint density at radius 3 is 2.04 bits per heavy atom. The number of Topliss-reactive ketones (excluding diaryl/α,β-unsaturated/α-hetero) is 2. The number of amides is 2. The average Bonchev–Trinajstić information content (AvgIpc) is 3.41. The second kappa shape index (κ2) is 10.3. The van der Waals surface area contributed by atoms with E-state index < -0.39 is 57.9 Å². The van der Waals surface area contributed by atoms with Crippen LogP contribution in [0.2, 0.25) is 0 Å². The molecule has 10 nitrogen and oxygen atoms in total. The molecule has 2 saturated heterocycles. The van der Waals surface area contributed by atoms with Crippen molar-refractivity contribution in [3.63, 3.8) is 0 Å². The van der Waals surface area contributed by atoms with Gasteiger partial charge < -0.3 is 14.6 Å². The summed E-state index contributed by atoms with van der Waals surface area (Å²) >= 11 is 0. The Bertz CT molecular complexity index is 1990. The molecule has 0 saturated carbocycles. The number of ether oxygens (including phenoxy) is 2. The quantitative estimate of drug-likeness (QED) is 0.194. The first-order chi connectivity index (χ1) is 22.2. The Morgan fingerprint density at radius 2 is 1.41 bits per heavy atom. The van der Waals surface area contributed by atoms with Gasteiger partial charge in [0.05, 0.1) is 18.4 Å². The number of aryl methyl sites for hydroxylation is 1. The van der Waals surface area contributed by atoms with Crippen LogP contribution in [0.15, 0.2) is 115 Å². The normalized spacial score (nSPS) is 23.3. The van der Waals surface area contributed by atoms with Crippen molar-refractivity contribution in [1.29, 1.82) is 0 Å². The Kier molecular flexibility index (Phi) is 6.41. The lowest BCUT2D eigenvalue weighted by Gasteiger charge is -2.45. The van der Waals surface area contributed by atoms with Gasteiger partial charge in [-0.2, -0.15) is 0 Å². The lowest BCUT2D eigenvalue weighted by molar-refractivity contribution is -0.165. The van der Waals surface area contributed by atoms with Gasteiger partial charge >= 0.3 is 17.6 Å². The molecule has 0 aliphatic carbocycles. The number of fused-ring (bicyclic) bond motifs is 1. The van der Waals surface area contributed by atoms with Crippen LogP contribution >= 0.6 is 0 Å². The van der Waals surface area contributed by atoms with Gasteiger partial charge in [-0.15, -0.1) is 0 Å². The number of phenols is 1. The summed E-state index contributed by atoms with van der Waals surface area (Å²) < 4.78 is 11.9. The van der Waals surface area contributed by atoms with E-state index in [2.05, 4.69) is 0 Å². The van der Waals surface area contributed by atoms with E-state index in [-0.39, 0.29) is 28.3 Å². The molecule has 3 unspecified atom stereocenters. The van der Waals surface area contributed by atoms with Gasteiger partial charge in [-0.25, -0.2) is 4.79 Å². The first-order valence-corrected chi connectivity index (χ1v) is 14.4. The number of carbonyl (C=O) groups excluding carboxylic acids is 5. The summed E-state index contributed by atoms with van der Waals surface area (Å²) in [5, 5.41) is 11.1. The molecule has 1 spiro atoms. The molecule has 46 heavy (non-hydrogen) atoms. The highest BCUT2D eigenvalue weighted by molar-refractivity contribution is 6.56. The van der Waals surface area contributed by atoms with Crippen LogP contribution in [0, 0.1) is 12.8 Å². The maximum Gasteiger partial charge on any atom is 0.373 e. The SMILES string of the molecule is COC(=O)C12OC(c3ccccc3)=C3C(=O)C(=O)N(c4ccccc4O)C3(C(=O)N1c1ccc(C)cc1)C2C(=O)c1ccccc1. The van der Waals surface area contributed by atoms with Crippen LogP contribution in [0.4, 0.5) is 11.4 Å². The topological polar surface area (TPSA) is 131 Å². The Balaban J connectivity index is 1.68. The second-order valence-electron chi connectivity index (χ2n) is 11.2. The molecule has 3 aliphatic heterocycles. The molecule has 228 valence electrons. The molecular formula is C36H26N2O8. The number of rotatable bonds is 6. The van der Waals surface area contributed by atoms with Crippen molar-refractivity contribution in [2.75, 3.05) is 16.9 Å². The van der Waals surface area contributed by atoms with Gasteiger partial charge in [0.1, 0.15) is 17.4 Å². The zero-order valence-electron chi connectivity index (χ0n) is 24.7. The van der Waals surface area contributed by atoms with Gasteiger partial charge in [0.2, 0.25) is 0 Å². The number of methoxy groups -OCH3 is 1. The third-order valence-electron chi connectivity index (χ3n) is 8.76. The fourth-order valence-corrected chi connectivity index (χ4v) is 6.86. The van der Waals surface area contributed by atoms with E-state index in [4.69, 9.17) is 9.47 Å². The van der Waals surface area contributed by atoms with E-state index >= 15 is 4.79 Å². The van der Waals surface area contributed by atoms with E-state index in [1.165, 1.54) is 36.4 Å². The third kappa shape index (κ3) is 3.61. The zero-order chi connectivity index (χ0) is 32.4. The first kappa shape index (κ1) is 28.7. The highest BCUT2D eigenvalue weighted by atomic mass is 16.6. The monoisotopic (exact) mass is 614 g/mol. The molecule has 10 heteroatoms. The first-order valence-electron chi connectivity index (χ1n) is 14.4. The number of anilines is 2. The van der Waals surface area contributed by atoms with E-state index in [0.717, 1.165) is 22.5 Å². The molecule has 3 atom stereocenters. The molecule has 4 aromatic rings. The number of para-hydroxylation sites is 2. The summed E-state index contributed by atoms with van der Waals surface area (Å²) in [6.45, 7) is 1.84. The van der Waals surface area contributed by atoms with Gasteiger partial charge in [0.25, 0.3) is 11.7 Å². The van der Waals surface area contributed by atoms with E-state index in [0.29, 0.717) is 0 Å². The predicted octanol–water partition coefficient (Wildman–Crippen LogP) is 4.21. The molecule has 2 fully saturated rings. The van der Waals surface area contributed by atoms with E-state index in [9.17, 15) is 24.3 Å². The number of nitrogens with zero attached hydrogens (tertiary/aromatic N) is 2. The van der Waals surface area contributed by atoms with Crippen LogP contribution in [0.5, 0.6) is 5.75 Å². The second-order valence-corrected chi connectivity index (χ2v) is 11.2. The number of hydrogen-bond donors (Lipinski definition) is 1. The maximum atomic E-state index is 15.4. The van der Waals surface area contributed by atoms with Crippen LogP contribution in [0.3, 0.4) is 0 Å². The third-order valence-corrected chi connectivity index (χ3v) is 8.76. The number of phenolic OH excluding ortho intramolecular Hbond substituents is 1. The molecule has 3 heterocycles. The van der Waals surface area contributed by atoms with Gasteiger partial charge in [0, 0.05) is 16.8 Å². The van der Waals surface area contributed by atoms with Crippen molar-refractivity contribution in [3.8, 4) is 5.75 Å². The van der Waals surface area contributed by atoms with Crippen LogP contribution in [0.25, 0.3) is 5.76 Å². The average molecular weight is 615 g/mol. The van der Waals surface area contributed by atoms with Crippen molar-refractivity contribution in [2.24, 2.45) is 5.92 Å².